The van der Waals surface area contributed by atoms with Crippen LogP contribution in [0.3, 0.4) is 0 Å². The van der Waals surface area contributed by atoms with Gasteiger partial charge in [0.1, 0.15) is 4.99 Å². The van der Waals surface area contributed by atoms with Gasteiger partial charge in [0.05, 0.1) is 12.6 Å². The highest BCUT2D eigenvalue weighted by molar-refractivity contribution is 7.80. The fourth-order valence-electron chi connectivity index (χ4n) is 1.62. The van der Waals surface area contributed by atoms with E-state index in [0.717, 1.165) is 5.56 Å². The Morgan fingerprint density at radius 3 is 2.26 bits per heavy atom. The molecule has 0 bridgehead atoms. The van der Waals surface area contributed by atoms with E-state index in [9.17, 15) is 4.79 Å². The van der Waals surface area contributed by atoms with E-state index in [1.165, 1.54) is 0 Å². The lowest BCUT2D eigenvalue weighted by atomic mass is 10.0. The van der Waals surface area contributed by atoms with E-state index < -0.39 is 0 Å². The number of hydrogen-bond donors (Lipinski definition) is 2. The lowest BCUT2D eigenvalue weighted by molar-refractivity contribution is 0.0866. The van der Waals surface area contributed by atoms with Crippen molar-refractivity contribution in [3.8, 4) is 0 Å². The third kappa shape index (κ3) is 4.61. The summed E-state index contributed by atoms with van der Waals surface area (Å²) in [6.45, 7) is 4.58. The number of methoxy groups -OCH3 is 1. The molecule has 0 radical (unpaired) electrons. The van der Waals surface area contributed by atoms with Crippen molar-refractivity contribution in [1.82, 2.24) is 5.32 Å². The zero-order valence-corrected chi connectivity index (χ0v) is 12.3. The average molecular weight is 280 g/mol. The molecule has 104 valence electrons. The van der Waals surface area contributed by atoms with Gasteiger partial charge >= 0.3 is 0 Å². The Morgan fingerprint density at radius 2 is 1.84 bits per heavy atom. The second-order valence-corrected chi connectivity index (χ2v) is 5.16. The molecule has 1 unspecified atom stereocenters. The first-order chi connectivity index (χ1) is 8.95. The number of thiocarbonyl (C=S) groups is 1. The molecule has 3 N–H and O–H groups in total. The van der Waals surface area contributed by atoms with E-state index in [-0.39, 0.29) is 11.9 Å². The first kappa shape index (κ1) is 15.6. The van der Waals surface area contributed by atoms with Crippen molar-refractivity contribution in [2.24, 2.45) is 11.7 Å². The van der Waals surface area contributed by atoms with E-state index in [1.54, 1.807) is 31.4 Å². The Labute approximate surface area is 119 Å². The van der Waals surface area contributed by atoms with E-state index in [4.69, 9.17) is 22.7 Å². The lowest BCUT2D eigenvalue weighted by Gasteiger charge is -2.21. The third-order valence-corrected chi connectivity index (χ3v) is 3.13. The molecule has 1 aromatic carbocycles. The molecule has 0 saturated carbocycles. The molecule has 5 heteroatoms. The minimum atomic E-state index is -0.120. The van der Waals surface area contributed by atoms with Crippen LogP contribution < -0.4 is 11.1 Å². The number of nitrogens with one attached hydrogen (secondary N) is 1. The Kier molecular flexibility index (Phi) is 5.92. The summed E-state index contributed by atoms with van der Waals surface area (Å²) in [7, 11) is 1.62. The monoisotopic (exact) mass is 280 g/mol. The van der Waals surface area contributed by atoms with Gasteiger partial charge in [-0.2, -0.15) is 0 Å². The van der Waals surface area contributed by atoms with Gasteiger partial charge < -0.3 is 15.8 Å². The molecule has 0 spiro atoms. The van der Waals surface area contributed by atoms with E-state index in [0.29, 0.717) is 23.1 Å². The van der Waals surface area contributed by atoms with Crippen LogP contribution in [-0.4, -0.2) is 30.7 Å². The van der Waals surface area contributed by atoms with Crippen molar-refractivity contribution in [1.29, 1.82) is 0 Å². The van der Waals surface area contributed by atoms with E-state index in [1.807, 2.05) is 13.8 Å². The summed E-state index contributed by atoms with van der Waals surface area (Å²) in [5.41, 5.74) is 6.85. The van der Waals surface area contributed by atoms with Crippen molar-refractivity contribution in [2.45, 2.75) is 19.9 Å². The Morgan fingerprint density at radius 1 is 1.32 bits per heavy atom. The van der Waals surface area contributed by atoms with Gasteiger partial charge in [0.2, 0.25) is 0 Å². The number of nitrogens with two attached hydrogens (primary N) is 1. The maximum Gasteiger partial charge on any atom is 0.251 e. The first-order valence-corrected chi connectivity index (χ1v) is 6.56. The molecule has 1 aromatic rings. The van der Waals surface area contributed by atoms with Gasteiger partial charge in [-0.1, -0.05) is 38.2 Å². The Hall–Kier alpha value is -1.46. The molecule has 0 aliphatic carbocycles. The summed E-state index contributed by atoms with van der Waals surface area (Å²) in [4.78, 5) is 12.4. The van der Waals surface area contributed by atoms with Gasteiger partial charge in [0.15, 0.2) is 0 Å². The third-order valence-electron chi connectivity index (χ3n) is 2.90. The number of ether oxygens (including phenoxy) is 1. The molecular formula is C14H20N2O2S. The van der Waals surface area contributed by atoms with Gasteiger partial charge in [-0.25, -0.2) is 0 Å². The van der Waals surface area contributed by atoms with Crippen molar-refractivity contribution in [3.63, 3.8) is 0 Å². The highest BCUT2D eigenvalue weighted by Crippen LogP contribution is 2.07. The molecule has 0 aliphatic heterocycles. The minimum Gasteiger partial charge on any atom is -0.389 e. The summed E-state index contributed by atoms with van der Waals surface area (Å²) in [5.74, 6) is 0.185. The van der Waals surface area contributed by atoms with Gasteiger partial charge in [0.25, 0.3) is 5.91 Å². The van der Waals surface area contributed by atoms with Crippen LogP contribution in [0.15, 0.2) is 24.3 Å². The molecule has 0 saturated heterocycles. The Bertz CT molecular complexity index is 443. The van der Waals surface area contributed by atoms with Crippen LogP contribution in [0.5, 0.6) is 0 Å². The molecule has 4 nitrogen and oxygen atoms in total. The number of carbonyl (C=O) groups excluding carboxylic acids is 1. The normalized spacial score (nSPS) is 12.2. The zero-order chi connectivity index (χ0) is 14.4. The van der Waals surface area contributed by atoms with E-state index in [2.05, 4.69) is 5.32 Å². The highest BCUT2D eigenvalue weighted by Gasteiger charge is 2.16. The van der Waals surface area contributed by atoms with Gasteiger partial charge in [-0.15, -0.1) is 0 Å². The molecule has 1 amide bonds. The molecule has 0 aliphatic rings. The second kappa shape index (κ2) is 7.21. The van der Waals surface area contributed by atoms with Gasteiger partial charge in [-0.05, 0) is 18.1 Å². The van der Waals surface area contributed by atoms with Crippen LogP contribution in [0, 0.1) is 5.92 Å². The summed E-state index contributed by atoms with van der Waals surface area (Å²) in [6.07, 6.45) is 0. The summed E-state index contributed by atoms with van der Waals surface area (Å²) >= 11 is 4.87. The Balaban J connectivity index is 2.74. The lowest BCUT2D eigenvalue weighted by Crippen LogP contribution is -2.41. The number of amides is 1. The van der Waals surface area contributed by atoms with Crippen LogP contribution >= 0.6 is 12.2 Å². The molecule has 19 heavy (non-hydrogen) atoms. The zero-order valence-electron chi connectivity index (χ0n) is 11.5. The summed E-state index contributed by atoms with van der Waals surface area (Å²) < 4.78 is 5.10. The largest absolute Gasteiger partial charge is 0.389 e. The summed E-state index contributed by atoms with van der Waals surface area (Å²) in [6, 6.07) is 6.92. The van der Waals surface area contributed by atoms with Crippen LogP contribution in [0.1, 0.15) is 29.8 Å². The van der Waals surface area contributed by atoms with Crippen molar-refractivity contribution < 1.29 is 9.53 Å². The molecule has 1 rings (SSSR count). The van der Waals surface area contributed by atoms with Crippen molar-refractivity contribution in [3.05, 3.63) is 35.4 Å². The number of rotatable bonds is 6. The molecule has 0 aromatic heterocycles. The van der Waals surface area contributed by atoms with E-state index >= 15 is 0 Å². The maximum atomic E-state index is 12.1. The van der Waals surface area contributed by atoms with Crippen LogP contribution in [0.25, 0.3) is 0 Å². The molecule has 1 atom stereocenters. The molecular weight excluding hydrogens is 260 g/mol. The van der Waals surface area contributed by atoms with Crippen molar-refractivity contribution >= 4 is 23.1 Å². The predicted octanol–water partition coefficient (Wildman–Crippen LogP) is 1.72. The topological polar surface area (TPSA) is 64.3 Å². The number of carbonyl (C=O) groups is 1. The maximum absolute atomic E-state index is 12.1. The smallest absolute Gasteiger partial charge is 0.251 e. The van der Waals surface area contributed by atoms with Crippen LogP contribution in [0.4, 0.5) is 0 Å². The fourth-order valence-corrected chi connectivity index (χ4v) is 1.75. The predicted molar refractivity (Wildman–Crippen MR) is 80.3 cm³/mol. The highest BCUT2D eigenvalue weighted by atomic mass is 32.1. The fraction of sp³-hybridized carbons (Fsp3) is 0.429. The minimum absolute atomic E-state index is 0.00670. The van der Waals surface area contributed by atoms with Crippen LogP contribution in [0.2, 0.25) is 0 Å². The van der Waals surface area contributed by atoms with Gasteiger partial charge in [-0.3, -0.25) is 4.79 Å². The SMILES string of the molecule is COCC(NC(=O)c1ccc(C(N)=S)cc1)C(C)C. The second-order valence-electron chi connectivity index (χ2n) is 4.72. The quantitative estimate of drug-likeness (QED) is 0.779. The van der Waals surface area contributed by atoms with Crippen LogP contribution in [-0.2, 0) is 4.74 Å². The summed E-state index contributed by atoms with van der Waals surface area (Å²) in [5, 5.41) is 2.95. The number of hydrogen-bond acceptors (Lipinski definition) is 3. The van der Waals surface area contributed by atoms with Gasteiger partial charge in [0, 0.05) is 18.2 Å². The first-order valence-electron chi connectivity index (χ1n) is 6.15. The standard InChI is InChI=1S/C14H20N2O2S/c1-9(2)12(8-18-3)16-14(17)11-6-4-10(5-7-11)13(15)19/h4-7,9,12H,8H2,1-3H3,(H2,15,19)(H,16,17). The number of benzene rings is 1. The molecule has 0 heterocycles. The molecule has 0 fully saturated rings. The average Bonchev–Trinajstić information content (AvgIpc) is 2.38. The van der Waals surface area contributed by atoms with Crippen molar-refractivity contribution in [2.75, 3.05) is 13.7 Å².